The molecular weight excluding hydrogens is 325 g/mol. The van der Waals surface area contributed by atoms with Gasteiger partial charge in [0.25, 0.3) is 0 Å². The molecule has 2 aromatic heterocycles. The molecule has 0 spiro atoms. The monoisotopic (exact) mass is 351 g/mol. The number of hydrogen-bond donors (Lipinski definition) is 0. The Hall–Kier alpha value is -2.20. The number of pyridine rings is 1. The molecule has 1 unspecified atom stereocenters. The molecule has 26 heavy (non-hydrogen) atoms. The molecule has 1 aliphatic heterocycles. The molecule has 1 atom stereocenters. The third kappa shape index (κ3) is 2.92. The van der Waals surface area contributed by atoms with Crippen LogP contribution in [0.5, 0.6) is 0 Å². The van der Waals surface area contributed by atoms with Crippen molar-refractivity contribution >= 4 is 10.9 Å². The lowest BCUT2D eigenvalue weighted by Crippen LogP contribution is -2.32. The zero-order valence-electron chi connectivity index (χ0n) is 15.8. The first-order valence-corrected chi connectivity index (χ1v) is 9.42. The molecule has 0 fully saturated rings. The maximum Gasteiger partial charge on any atom is 0.152 e. The fraction of sp³-hybridized carbons (Fsp3) is 0.409. The van der Waals surface area contributed by atoms with Crippen molar-refractivity contribution in [1.82, 2.24) is 14.5 Å². The first-order chi connectivity index (χ1) is 12.5. The van der Waals surface area contributed by atoms with Gasteiger partial charge in [0, 0.05) is 54.1 Å². The second kappa shape index (κ2) is 6.51. The van der Waals surface area contributed by atoms with Crippen LogP contribution in [0.25, 0.3) is 10.9 Å². The molecule has 0 bridgehead atoms. The van der Waals surface area contributed by atoms with Crippen LogP contribution in [0.4, 0.5) is 4.39 Å². The van der Waals surface area contributed by atoms with Gasteiger partial charge in [-0.15, -0.1) is 0 Å². The van der Waals surface area contributed by atoms with Crippen molar-refractivity contribution in [1.29, 1.82) is 0 Å². The molecule has 1 aromatic carbocycles. The Bertz CT molecular complexity index is 927. The number of likely N-dealkylation sites (N-methyl/N-ethyl adjacent to an activating group) is 1. The van der Waals surface area contributed by atoms with Crippen molar-refractivity contribution < 1.29 is 4.39 Å². The number of aryl methyl sites for hydroxylation is 1. The van der Waals surface area contributed by atoms with E-state index in [9.17, 15) is 0 Å². The number of alkyl halides is 1. The van der Waals surface area contributed by atoms with E-state index >= 15 is 4.39 Å². The Balaban J connectivity index is 1.83. The molecule has 0 aliphatic carbocycles. The molecule has 0 amide bonds. The van der Waals surface area contributed by atoms with E-state index < -0.39 is 5.67 Å². The zero-order chi connectivity index (χ0) is 18.3. The number of fused-ring (bicyclic) bond motifs is 3. The van der Waals surface area contributed by atoms with Gasteiger partial charge in [0.05, 0.1) is 6.54 Å². The Kier molecular flexibility index (Phi) is 4.31. The number of aromatic nitrogens is 2. The van der Waals surface area contributed by atoms with Gasteiger partial charge >= 0.3 is 0 Å². The fourth-order valence-electron chi connectivity index (χ4n) is 4.13. The molecule has 4 rings (SSSR count). The lowest BCUT2D eigenvalue weighted by atomic mass is 9.99. The van der Waals surface area contributed by atoms with Crippen LogP contribution >= 0.6 is 0 Å². The van der Waals surface area contributed by atoms with E-state index in [1.165, 1.54) is 22.2 Å². The van der Waals surface area contributed by atoms with E-state index in [1.807, 2.05) is 6.07 Å². The van der Waals surface area contributed by atoms with E-state index in [0.29, 0.717) is 12.1 Å². The number of rotatable bonds is 4. The fourth-order valence-corrected chi connectivity index (χ4v) is 4.13. The van der Waals surface area contributed by atoms with Gasteiger partial charge < -0.3 is 4.57 Å². The number of halogens is 1. The highest BCUT2D eigenvalue weighted by atomic mass is 19.1. The molecule has 136 valence electrons. The van der Waals surface area contributed by atoms with Crippen LogP contribution in [0.2, 0.25) is 0 Å². The molecule has 0 saturated heterocycles. The van der Waals surface area contributed by atoms with Crippen molar-refractivity contribution in [3.8, 4) is 0 Å². The van der Waals surface area contributed by atoms with Crippen molar-refractivity contribution in [2.75, 3.05) is 13.1 Å². The molecule has 0 radical (unpaired) electrons. The first kappa shape index (κ1) is 17.2. The topological polar surface area (TPSA) is 21.1 Å². The Morgan fingerprint density at radius 2 is 2.12 bits per heavy atom. The number of hydrogen-bond acceptors (Lipinski definition) is 2. The quantitative estimate of drug-likeness (QED) is 0.684. The van der Waals surface area contributed by atoms with Crippen molar-refractivity contribution in [2.45, 2.75) is 46.0 Å². The smallest absolute Gasteiger partial charge is 0.152 e. The highest BCUT2D eigenvalue weighted by molar-refractivity contribution is 5.86. The predicted octanol–water partition coefficient (Wildman–Crippen LogP) is 4.61. The molecule has 3 heterocycles. The normalized spacial score (nSPS) is 17.2. The van der Waals surface area contributed by atoms with Crippen LogP contribution in [0.3, 0.4) is 0 Å². The van der Waals surface area contributed by atoms with Gasteiger partial charge in [-0.2, -0.15) is 0 Å². The second-order valence-corrected chi connectivity index (χ2v) is 7.59. The molecular formula is C22H26FN3. The van der Waals surface area contributed by atoms with Crippen LogP contribution in [0.1, 0.15) is 36.2 Å². The minimum Gasteiger partial charge on any atom is -0.341 e. The summed E-state index contributed by atoms with van der Waals surface area (Å²) in [5.74, 6) is 0. The minimum absolute atomic E-state index is 0.319. The minimum atomic E-state index is -1.46. The van der Waals surface area contributed by atoms with E-state index in [-0.39, 0.29) is 0 Å². The van der Waals surface area contributed by atoms with Gasteiger partial charge in [0.1, 0.15) is 0 Å². The first-order valence-electron chi connectivity index (χ1n) is 9.42. The SMILES string of the molecule is CCN1CCc2c(c3cc(C)ccc3n2CC(C)(F)c2cccnc2)C1. The van der Waals surface area contributed by atoms with Crippen LogP contribution in [0, 0.1) is 6.92 Å². The molecule has 3 aromatic rings. The largest absolute Gasteiger partial charge is 0.341 e. The average Bonchev–Trinajstić information content (AvgIpc) is 2.94. The summed E-state index contributed by atoms with van der Waals surface area (Å²) in [6.45, 7) is 9.35. The molecule has 1 aliphatic rings. The Morgan fingerprint density at radius 1 is 1.27 bits per heavy atom. The van der Waals surface area contributed by atoms with E-state index in [2.05, 4.69) is 46.5 Å². The van der Waals surface area contributed by atoms with Gasteiger partial charge in [-0.25, -0.2) is 4.39 Å². The molecule has 0 N–H and O–H groups in total. The van der Waals surface area contributed by atoms with E-state index in [0.717, 1.165) is 31.6 Å². The maximum atomic E-state index is 15.6. The standard InChI is InChI=1S/C22H26FN3/c1-4-25-11-9-21-19(14-25)18-12-16(2)7-8-20(18)26(21)15-22(3,23)17-6-5-10-24-13-17/h5-8,10,12-13H,4,9,11,14-15H2,1-3H3. The summed E-state index contributed by atoms with van der Waals surface area (Å²) in [7, 11) is 0. The summed E-state index contributed by atoms with van der Waals surface area (Å²) in [6, 6.07) is 10.2. The summed E-state index contributed by atoms with van der Waals surface area (Å²) >= 11 is 0. The van der Waals surface area contributed by atoms with Gasteiger partial charge in [-0.1, -0.05) is 24.6 Å². The van der Waals surface area contributed by atoms with E-state index in [1.54, 1.807) is 25.4 Å². The molecule has 4 heteroatoms. The number of benzene rings is 1. The van der Waals surface area contributed by atoms with Crippen LogP contribution in [-0.4, -0.2) is 27.5 Å². The van der Waals surface area contributed by atoms with Crippen molar-refractivity contribution in [3.05, 3.63) is 65.1 Å². The summed E-state index contributed by atoms with van der Waals surface area (Å²) in [5, 5.41) is 1.28. The van der Waals surface area contributed by atoms with Gasteiger partial charge in [0.2, 0.25) is 0 Å². The number of nitrogens with zero attached hydrogens (tertiary/aromatic N) is 3. The average molecular weight is 351 g/mol. The zero-order valence-corrected chi connectivity index (χ0v) is 15.8. The molecule has 3 nitrogen and oxygen atoms in total. The van der Waals surface area contributed by atoms with Gasteiger partial charge in [-0.05, 0) is 44.2 Å². The maximum absolute atomic E-state index is 15.6. The highest BCUT2D eigenvalue weighted by Gasteiger charge is 2.31. The summed E-state index contributed by atoms with van der Waals surface area (Å²) < 4.78 is 17.8. The third-order valence-corrected chi connectivity index (χ3v) is 5.65. The van der Waals surface area contributed by atoms with Crippen LogP contribution in [0.15, 0.2) is 42.7 Å². The molecule has 0 saturated carbocycles. The summed E-state index contributed by atoms with van der Waals surface area (Å²) in [6.07, 6.45) is 4.30. The summed E-state index contributed by atoms with van der Waals surface area (Å²) in [4.78, 5) is 6.57. The van der Waals surface area contributed by atoms with Crippen molar-refractivity contribution in [3.63, 3.8) is 0 Å². The predicted molar refractivity (Wildman–Crippen MR) is 104 cm³/mol. The van der Waals surface area contributed by atoms with Crippen LogP contribution < -0.4 is 0 Å². The van der Waals surface area contributed by atoms with Gasteiger partial charge in [0.15, 0.2) is 5.67 Å². The lowest BCUT2D eigenvalue weighted by Gasteiger charge is -2.28. The lowest BCUT2D eigenvalue weighted by molar-refractivity contribution is 0.160. The van der Waals surface area contributed by atoms with Crippen LogP contribution in [-0.2, 0) is 25.2 Å². The third-order valence-electron chi connectivity index (χ3n) is 5.65. The second-order valence-electron chi connectivity index (χ2n) is 7.59. The van der Waals surface area contributed by atoms with E-state index in [4.69, 9.17) is 0 Å². The van der Waals surface area contributed by atoms with Crippen molar-refractivity contribution in [2.24, 2.45) is 0 Å². The van der Waals surface area contributed by atoms with Gasteiger partial charge in [-0.3, -0.25) is 9.88 Å². The Labute approximate surface area is 154 Å². The Morgan fingerprint density at radius 3 is 2.85 bits per heavy atom. The highest BCUT2D eigenvalue weighted by Crippen LogP contribution is 2.35. The summed E-state index contributed by atoms with van der Waals surface area (Å²) in [5.41, 5.74) is 4.24.